The van der Waals surface area contributed by atoms with Crippen LogP contribution in [0.1, 0.15) is 38.9 Å². The van der Waals surface area contributed by atoms with Gasteiger partial charge >= 0.3 is 5.97 Å². The van der Waals surface area contributed by atoms with Gasteiger partial charge in [-0.1, -0.05) is 78.9 Å². The van der Waals surface area contributed by atoms with Gasteiger partial charge in [0.25, 0.3) is 0 Å². The first kappa shape index (κ1) is 26.9. The lowest BCUT2D eigenvalue weighted by molar-refractivity contribution is -0.107. The number of ether oxygens (including phenoxy) is 4. The van der Waals surface area contributed by atoms with E-state index >= 15 is 4.39 Å². The number of benzene rings is 4. The van der Waals surface area contributed by atoms with E-state index in [1.165, 1.54) is 21.1 Å². The van der Waals surface area contributed by atoms with Crippen LogP contribution in [0.4, 0.5) is 10.1 Å². The predicted molar refractivity (Wildman–Crippen MR) is 144 cm³/mol. The molecule has 0 atom stereocenters. The monoisotopic (exact) mass is 515 g/mol. The van der Waals surface area contributed by atoms with Gasteiger partial charge in [-0.2, -0.15) is 0 Å². The van der Waals surface area contributed by atoms with Crippen molar-refractivity contribution < 1.29 is 28.1 Å². The van der Waals surface area contributed by atoms with Crippen LogP contribution < -0.4 is 14.8 Å². The molecule has 0 amide bonds. The van der Waals surface area contributed by atoms with Crippen molar-refractivity contribution in [3.8, 4) is 11.5 Å². The average molecular weight is 516 g/mol. The van der Waals surface area contributed by atoms with Crippen LogP contribution in [0.2, 0.25) is 0 Å². The highest BCUT2D eigenvalue weighted by molar-refractivity contribution is 5.98. The summed E-state index contributed by atoms with van der Waals surface area (Å²) in [6, 6.07) is 27.8. The Balaban J connectivity index is 1.86. The van der Waals surface area contributed by atoms with Crippen LogP contribution in [-0.4, -0.2) is 20.2 Å². The molecule has 4 rings (SSSR count). The molecule has 0 unspecified atom stereocenters. The van der Waals surface area contributed by atoms with Crippen molar-refractivity contribution in [3.63, 3.8) is 0 Å². The summed E-state index contributed by atoms with van der Waals surface area (Å²) in [7, 11) is 2.85. The molecule has 0 bridgehead atoms. The Bertz CT molecular complexity index is 1340. The number of rotatable bonds is 11. The zero-order valence-corrected chi connectivity index (χ0v) is 21.6. The van der Waals surface area contributed by atoms with Gasteiger partial charge in [0.05, 0.1) is 11.3 Å². The van der Waals surface area contributed by atoms with Gasteiger partial charge in [-0.15, -0.1) is 0 Å². The van der Waals surface area contributed by atoms with Crippen LogP contribution in [0.25, 0.3) is 0 Å². The third-order valence-corrected chi connectivity index (χ3v) is 6.02. The lowest BCUT2D eigenvalue weighted by Gasteiger charge is -2.25. The molecule has 196 valence electrons. The van der Waals surface area contributed by atoms with Crippen molar-refractivity contribution in [2.24, 2.45) is 0 Å². The SMILES string of the molecule is COC(OC)c1c(F)c(C)c(C(=O)Oc2ccccc2)c(OCc2ccccc2)c1NCc1ccccc1. The summed E-state index contributed by atoms with van der Waals surface area (Å²) < 4.78 is 38.9. The molecule has 0 radical (unpaired) electrons. The molecule has 0 saturated carbocycles. The topological polar surface area (TPSA) is 66.0 Å². The maximum atomic E-state index is 16.1. The third-order valence-electron chi connectivity index (χ3n) is 6.02. The molecule has 1 N–H and O–H groups in total. The molecule has 0 spiro atoms. The number of nitrogens with one attached hydrogen (secondary N) is 1. The van der Waals surface area contributed by atoms with Gasteiger partial charge in [-0.3, -0.25) is 0 Å². The number of hydrogen-bond acceptors (Lipinski definition) is 6. The molecule has 0 aliphatic heterocycles. The molecule has 38 heavy (non-hydrogen) atoms. The second kappa shape index (κ2) is 12.9. The molecule has 0 aromatic heterocycles. The van der Waals surface area contributed by atoms with Gasteiger partial charge in [-0.05, 0) is 30.2 Å². The lowest BCUT2D eigenvalue weighted by atomic mass is 9.98. The molecule has 0 heterocycles. The minimum atomic E-state index is -1.05. The number of methoxy groups -OCH3 is 2. The first-order chi connectivity index (χ1) is 18.5. The van der Waals surface area contributed by atoms with E-state index in [9.17, 15) is 4.79 Å². The molecule has 6 nitrogen and oxygen atoms in total. The Morgan fingerprint density at radius 3 is 1.97 bits per heavy atom. The maximum Gasteiger partial charge on any atom is 0.347 e. The van der Waals surface area contributed by atoms with Crippen molar-refractivity contribution in [2.45, 2.75) is 26.4 Å². The third kappa shape index (κ3) is 6.19. The predicted octanol–water partition coefficient (Wildman–Crippen LogP) is 6.84. The summed E-state index contributed by atoms with van der Waals surface area (Å²) in [6.45, 7) is 1.99. The molecule has 0 aliphatic carbocycles. The lowest BCUT2D eigenvalue weighted by Crippen LogP contribution is -2.20. The standard InChI is InChI=1S/C31H30FNO5/c1-21-25(30(34)38-24-17-11-6-12-18-24)29(37-20-23-15-9-5-10-16-23)28(26(27(21)32)31(35-2)36-3)33-19-22-13-7-4-8-14-22/h4-18,31,33H,19-20H2,1-3H3. The number of carbonyl (C=O) groups excluding carboxylic acids is 1. The Labute approximate surface area is 221 Å². The Morgan fingerprint density at radius 2 is 1.39 bits per heavy atom. The van der Waals surface area contributed by atoms with E-state index in [4.69, 9.17) is 18.9 Å². The largest absolute Gasteiger partial charge is 0.486 e. The first-order valence-corrected chi connectivity index (χ1v) is 12.2. The second-order valence-corrected chi connectivity index (χ2v) is 8.55. The molecule has 4 aromatic carbocycles. The van der Waals surface area contributed by atoms with Crippen LogP contribution in [0.15, 0.2) is 91.0 Å². The van der Waals surface area contributed by atoms with Gasteiger partial charge in [0, 0.05) is 26.3 Å². The Kier molecular flexibility index (Phi) is 9.08. The van der Waals surface area contributed by atoms with Crippen LogP contribution in [0, 0.1) is 12.7 Å². The van der Waals surface area contributed by atoms with E-state index in [2.05, 4.69) is 5.32 Å². The van der Waals surface area contributed by atoms with Crippen molar-refractivity contribution >= 4 is 11.7 Å². The number of esters is 1. The number of anilines is 1. The van der Waals surface area contributed by atoms with E-state index in [1.807, 2.05) is 66.7 Å². The van der Waals surface area contributed by atoms with E-state index < -0.39 is 18.1 Å². The van der Waals surface area contributed by atoms with Gasteiger partial charge in [0.15, 0.2) is 12.0 Å². The maximum absolute atomic E-state index is 16.1. The molecular formula is C31H30FNO5. The zero-order valence-electron chi connectivity index (χ0n) is 21.6. The minimum absolute atomic E-state index is 0.0208. The van der Waals surface area contributed by atoms with Gasteiger partial charge in [-0.25, -0.2) is 9.18 Å². The van der Waals surface area contributed by atoms with Crippen molar-refractivity contribution in [1.82, 2.24) is 0 Å². The van der Waals surface area contributed by atoms with Gasteiger partial charge in [0.1, 0.15) is 23.7 Å². The summed E-state index contributed by atoms with van der Waals surface area (Å²) in [5.41, 5.74) is 2.22. The quantitative estimate of drug-likeness (QED) is 0.134. The smallest absolute Gasteiger partial charge is 0.347 e. The second-order valence-electron chi connectivity index (χ2n) is 8.55. The number of carbonyl (C=O) groups is 1. The number of halogens is 1. The van der Waals surface area contributed by atoms with Crippen LogP contribution in [0.3, 0.4) is 0 Å². The van der Waals surface area contributed by atoms with Crippen LogP contribution >= 0.6 is 0 Å². The summed E-state index contributed by atoms with van der Waals surface area (Å²) >= 11 is 0. The number of para-hydroxylation sites is 1. The van der Waals surface area contributed by atoms with E-state index in [-0.39, 0.29) is 34.7 Å². The molecule has 0 aliphatic rings. The highest BCUT2D eigenvalue weighted by atomic mass is 19.1. The molecule has 0 saturated heterocycles. The van der Waals surface area contributed by atoms with Gasteiger partial charge < -0.3 is 24.3 Å². The molecule has 7 heteroatoms. The molecule has 4 aromatic rings. The fourth-order valence-electron chi connectivity index (χ4n) is 4.12. The van der Waals surface area contributed by atoms with Gasteiger partial charge in [0.2, 0.25) is 0 Å². The summed E-state index contributed by atoms with van der Waals surface area (Å²) in [5, 5.41) is 3.28. The Morgan fingerprint density at radius 1 is 0.842 bits per heavy atom. The van der Waals surface area contributed by atoms with Crippen LogP contribution in [0.5, 0.6) is 11.5 Å². The summed E-state index contributed by atoms with van der Waals surface area (Å²) in [4.78, 5) is 13.5. The average Bonchev–Trinajstić information content (AvgIpc) is 2.95. The molecular weight excluding hydrogens is 485 g/mol. The highest BCUT2D eigenvalue weighted by Gasteiger charge is 2.32. The minimum Gasteiger partial charge on any atom is -0.486 e. The van der Waals surface area contributed by atoms with Crippen molar-refractivity contribution in [2.75, 3.05) is 19.5 Å². The molecule has 0 fully saturated rings. The summed E-state index contributed by atoms with van der Waals surface area (Å²) in [5.74, 6) is -0.905. The fraction of sp³-hybridized carbons (Fsp3) is 0.194. The van der Waals surface area contributed by atoms with Crippen molar-refractivity contribution in [1.29, 1.82) is 0 Å². The van der Waals surface area contributed by atoms with Crippen molar-refractivity contribution in [3.05, 3.63) is 125 Å². The van der Waals surface area contributed by atoms with E-state index in [1.54, 1.807) is 24.3 Å². The highest BCUT2D eigenvalue weighted by Crippen LogP contribution is 2.43. The van der Waals surface area contributed by atoms with E-state index in [0.29, 0.717) is 12.3 Å². The normalized spacial score (nSPS) is 10.9. The number of hydrogen-bond donors (Lipinski definition) is 1. The van der Waals surface area contributed by atoms with E-state index in [0.717, 1.165) is 11.1 Å². The first-order valence-electron chi connectivity index (χ1n) is 12.2. The zero-order chi connectivity index (χ0) is 26.9. The summed E-state index contributed by atoms with van der Waals surface area (Å²) in [6.07, 6.45) is -1.05. The van der Waals surface area contributed by atoms with Crippen LogP contribution in [-0.2, 0) is 22.6 Å². The Hall–Kier alpha value is -4.20. The fourth-order valence-corrected chi connectivity index (χ4v) is 4.12.